The normalized spacial score (nSPS) is 28.6. The molecule has 2 heterocycles. The molecule has 8 nitrogen and oxygen atoms in total. The number of hydrogen-bond acceptors (Lipinski definition) is 7. The van der Waals surface area contributed by atoms with Crippen molar-refractivity contribution in [3.05, 3.63) is 28.1 Å². The molecule has 1 aromatic heterocycles. The molecule has 2 aliphatic rings. The summed E-state index contributed by atoms with van der Waals surface area (Å²) in [5.74, 6) is -0.220. The van der Waals surface area contributed by atoms with Crippen molar-refractivity contribution in [1.29, 1.82) is 0 Å². The number of nitrogens with two attached hydrogens (primary N) is 2. The van der Waals surface area contributed by atoms with Crippen LogP contribution in [0.15, 0.2) is 16.9 Å². The number of nitrogens with one attached hydrogen (secondary N) is 1. The van der Waals surface area contributed by atoms with E-state index in [4.69, 9.17) is 25.7 Å². The third-order valence-electron chi connectivity index (χ3n) is 4.83. The van der Waals surface area contributed by atoms with E-state index in [1.54, 1.807) is 0 Å². The van der Waals surface area contributed by atoms with E-state index in [1.165, 1.54) is 0 Å². The minimum absolute atomic E-state index is 0.00363. The number of anilines is 2. The van der Waals surface area contributed by atoms with Gasteiger partial charge in [-0.25, -0.2) is 0 Å². The van der Waals surface area contributed by atoms with Gasteiger partial charge in [-0.3, -0.25) is 9.78 Å². The van der Waals surface area contributed by atoms with Crippen LogP contribution >= 0.6 is 0 Å². The molecule has 1 aliphatic carbocycles. The molecule has 1 saturated heterocycles. The smallest absolute Gasteiger partial charge is 0.258 e. The third kappa shape index (κ3) is 4.88. The predicted molar refractivity (Wildman–Crippen MR) is 103 cm³/mol. The molecule has 0 radical (unpaired) electrons. The molecule has 150 valence electrons. The SMILES string of the molecule is CC(C)(C)OC[C@H]1C=C[C@@H](c2c(N)nc(N)[nH]c2=O)[C@@H]1OC1CCCCO1. The Labute approximate surface area is 159 Å². The quantitative estimate of drug-likeness (QED) is 0.668. The summed E-state index contributed by atoms with van der Waals surface area (Å²) < 4.78 is 18.0. The number of nitrogen functional groups attached to an aromatic ring is 2. The zero-order chi connectivity index (χ0) is 19.6. The van der Waals surface area contributed by atoms with Crippen LogP contribution in [0.2, 0.25) is 0 Å². The topological polar surface area (TPSA) is 125 Å². The molecule has 1 unspecified atom stereocenters. The number of hydrogen-bond donors (Lipinski definition) is 3. The maximum atomic E-state index is 12.5. The molecule has 3 rings (SSSR count). The van der Waals surface area contributed by atoms with E-state index < -0.39 is 0 Å². The molecule has 0 amide bonds. The van der Waals surface area contributed by atoms with Gasteiger partial charge in [-0.2, -0.15) is 4.98 Å². The van der Waals surface area contributed by atoms with Gasteiger partial charge < -0.3 is 25.7 Å². The standard InChI is InChI=1S/C19H30N4O4/c1-19(2,3)26-10-11-7-8-12(14-16(20)22-18(21)23-17(14)24)15(11)27-13-6-4-5-9-25-13/h7-8,11-13,15H,4-6,9-10H2,1-3H3,(H5,20,21,22,23,24)/t11-,12+,13?,15-/m1/s1. The molecule has 0 saturated carbocycles. The lowest BCUT2D eigenvalue weighted by Gasteiger charge is -2.33. The summed E-state index contributed by atoms with van der Waals surface area (Å²) in [6.45, 7) is 7.19. The Morgan fingerprint density at radius 1 is 1.30 bits per heavy atom. The highest BCUT2D eigenvalue weighted by atomic mass is 16.7. The first kappa shape index (κ1) is 19.9. The van der Waals surface area contributed by atoms with Gasteiger partial charge in [-0.15, -0.1) is 0 Å². The number of ether oxygens (including phenoxy) is 3. The van der Waals surface area contributed by atoms with Gasteiger partial charge in [-0.05, 0) is 40.0 Å². The van der Waals surface area contributed by atoms with Crippen LogP contribution in [0, 0.1) is 5.92 Å². The fourth-order valence-corrected chi connectivity index (χ4v) is 3.52. The van der Waals surface area contributed by atoms with Crippen molar-refractivity contribution in [2.45, 2.75) is 63.9 Å². The van der Waals surface area contributed by atoms with E-state index in [0.717, 1.165) is 19.3 Å². The maximum absolute atomic E-state index is 12.5. The Kier molecular flexibility index (Phi) is 5.88. The number of H-pyrrole nitrogens is 1. The Balaban J connectivity index is 1.85. The molecular formula is C19H30N4O4. The number of aromatic nitrogens is 2. The Bertz CT molecular complexity index is 734. The van der Waals surface area contributed by atoms with Crippen molar-refractivity contribution in [3.63, 3.8) is 0 Å². The molecule has 27 heavy (non-hydrogen) atoms. The van der Waals surface area contributed by atoms with Crippen LogP contribution in [0.3, 0.4) is 0 Å². The third-order valence-corrected chi connectivity index (χ3v) is 4.83. The molecule has 4 atom stereocenters. The van der Waals surface area contributed by atoms with Gasteiger partial charge in [0.25, 0.3) is 5.56 Å². The molecular weight excluding hydrogens is 348 g/mol. The summed E-state index contributed by atoms with van der Waals surface area (Å²) in [5.41, 5.74) is 11.4. The van der Waals surface area contributed by atoms with E-state index in [-0.39, 0.29) is 47.2 Å². The highest BCUT2D eigenvalue weighted by Gasteiger charge is 2.39. The first-order valence-corrected chi connectivity index (χ1v) is 9.49. The molecule has 5 N–H and O–H groups in total. The number of aromatic amines is 1. The monoisotopic (exact) mass is 378 g/mol. The minimum Gasteiger partial charge on any atom is -0.383 e. The first-order valence-electron chi connectivity index (χ1n) is 9.49. The highest BCUT2D eigenvalue weighted by molar-refractivity contribution is 5.47. The Hall–Kier alpha value is -1.90. The zero-order valence-corrected chi connectivity index (χ0v) is 16.2. The van der Waals surface area contributed by atoms with Crippen LogP contribution in [0.4, 0.5) is 11.8 Å². The minimum atomic E-state index is -0.342. The van der Waals surface area contributed by atoms with Crippen LogP contribution < -0.4 is 17.0 Å². The molecule has 1 aliphatic heterocycles. The number of nitrogens with zero attached hydrogens (tertiary/aromatic N) is 1. The zero-order valence-electron chi connectivity index (χ0n) is 16.2. The van der Waals surface area contributed by atoms with E-state index in [1.807, 2.05) is 32.9 Å². The van der Waals surface area contributed by atoms with Crippen LogP contribution in [0.5, 0.6) is 0 Å². The summed E-state index contributed by atoms with van der Waals surface area (Å²) in [7, 11) is 0. The van der Waals surface area contributed by atoms with Crippen LogP contribution in [-0.2, 0) is 14.2 Å². The van der Waals surface area contributed by atoms with E-state index >= 15 is 0 Å². The lowest BCUT2D eigenvalue weighted by molar-refractivity contribution is -0.200. The summed E-state index contributed by atoms with van der Waals surface area (Å²) in [6.07, 6.45) is 6.31. The molecule has 0 spiro atoms. The second kappa shape index (κ2) is 8.00. The van der Waals surface area contributed by atoms with Crippen molar-refractivity contribution < 1.29 is 14.2 Å². The van der Waals surface area contributed by atoms with Gasteiger partial charge in [0.15, 0.2) is 6.29 Å². The second-order valence-corrected chi connectivity index (χ2v) is 8.14. The van der Waals surface area contributed by atoms with Crippen LogP contribution in [0.25, 0.3) is 0 Å². The Morgan fingerprint density at radius 2 is 2.07 bits per heavy atom. The predicted octanol–water partition coefficient (Wildman–Crippen LogP) is 1.93. The van der Waals surface area contributed by atoms with Gasteiger partial charge in [-0.1, -0.05) is 12.2 Å². The van der Waals surface area contributed by atoms with Gasteiger partial charge in [0, 0.05) is 18.4 Å². The summed E-state index contributed by atoms with van der Waals surface area (Å²) >= 11 is 0. The largest absolute Gasteiger partial charge is 0.383 e. The maximum Gasteiger partial charge on any atom is 0.258 e. The van der Waals surface area contributed by atoms with Crippen molar-refractivity contribution in [1.82, 2.24) is 9.97 Å². The van der Waals surface area contributed by atoms with Gasteiger partial charge >= 0.3 is 0 Å². The van der Waals surface area contributed by atoms with Crippen molar-refractivity contribution >= 4 is 11.8 Å². The van der Waals surface area contributed by atoms with Crippen molar-refractivity contribution in [2.75, 3.05) is 24.7 Å². The summed E-state index contributed by atoms with van der Waals surface area (Å²) in [6, 6.07) is 0. The lowest BCUT2D eigenvalue weighted by atomic mass is 9.93. The average molecular weight is 378 g/mol. The van der Waals surface area contributed by atoms with E-state index in [2.05, 4.69) is 9.97 Å². The fourth-order valence-electron chi connectivity index (χ4n) is 3.52. The van der Waals surface area contributed by atoms with Gasteiger partial charge in [0.05, 0.1) is 23.9 Å². The molecule has 8 heteroatoms. The average Bonchev–Trinajstić information content (AvgIpc) is 2.95. The molecule has 0 aromatic carbocycles. The van der Waals surface area contributed by atoms with Gasteiger partial charge in [0.1, 0.15) is 5.82 Å². The fraction of sp³-hybridized carbons (Fsp3) is 0.684. The molecule has 1 fully saturated rings. The van der Waals surface area contributed by atoms with E-state index in [9.17, 15) is 4.79 Å². The second-order valence-electron chi connectivity index (χ2n) is 8.14. The van der Waals surface area contributed by atoms with Crippen molar-refractivity contribution in [2.24, 2.45) is 5.92 Å². The Morgan fingerprint density at radius 3 is 2.70 bits per heavy atom. The molecule has 1 aromatic rings. The lowest BCUT2D eigenvalue weighted by Crippen LogP contribution is -2.38. The van der Waals surface area contributed by atoms with E-state index in [0.29, 0.717) is 18.8 Å². The van der Waals surface area contributed by atoms with Crippen LogP contribution in [0.1, 0.15) is 51.5 Å². The van der Waals surface area contributed by atoms with Crippen molar-refractivity contribution in [3.8, 4) is 0 Å². The first-order chi connectivity index (χ1) is 12.7. The van der Waals surface area contributed by atoms with Gasteiger partial charge in [0.2, 0.25) is 5.95 Å². The van der Waals surface area contributed by atoms with Crippen LogP contribution in [-0.4, -0.2) is 41.2 Å². The molecule has 0 bridgehead atoms. The summed E-state index contributed by atoms with van der Waals surface area (Å²) in [4.78, 5) is 19.1. The summed E-state index contributed by atoms with van der Waals surface area (Å²) in [5, 5.41) is 0. The highest BCUT2D eigenvalue weighted by Crippen LogP contribution is 2.37. The number of rotatable bonds is 5.